The van der Waals surface area contributed by atoms with E-state index >= 15 is 0 Å². The minimum absolute atomic E-state index is 0.0370. The molecule has 0 aliphatic rings. The van der Waals surface area contributed by atoms with Gasteiger partial charge in [0.25, 0.3) is 5.69 Å². The number of hydrogen-bond acceptors (Lipinski definition) is 4. The molecule has 0 bridgehead atoms. The summed E-state index contributed by atoms with van der Waals surface area (Å²) < 4.78 is 0. The van der Waals surface area contributed by atoms with Crippen molar-refractivity contribution in [1.82, 2.24) is 0 Å². The molecule has 0 radical (unpaired) electrons. The largest absolute Gasteiger partial charge is 0.362 e. The minimum Gasteiger partial charge on any atom is -0.362 e. The lowest BCUT2D eigenvalue weighted by atomic mass is 10.3. The average Bonchev–Trinajstić information content (AvgIpc) is 2.19. The fourth-order valence-corrected chi connectivity index (χ4v) is 0.863. The Bertz CT molecular complexity index is 357. The molecule has 1 aromatic carbocycles. The molecule has 0 aromatic heterocycles. The van der Waals surface area contributed by atoms with Gasteiger partial charge >= 0.3 is 0 Å². The van der Waals surface area contributed by atoms with Crippen molar-refractivity contribution in [2.75, 3.05) is 5.32 Å². The number of non-ortho nitro benzene ring substituents is 1. The van der Waals surface area contributed by atoms with Crippen LogP contribution in [0.2, 0.25) is 0 Å². The summed E-state index contributed by atoms with van der Waals surface area (Å²) in [6, 6.07) is 5.90. The van der Waals surface area contributed by atoms with Crippen LogP contribution < -0.4 is 5.32 Å². The number of benzene rings is 1. The normalized spacial score (nSPS) is 10.0. The average molecular weight is 192 g/mol. The Hall–Kier alpha value is -2.17. The molecule has 1 aromatic rings. The molecule has 0 unspecified atom stereocenters. The van der Waals surface area contributed by atoms with Crippen molar-refractivity contribution in [3.8, 4) is 0 Å². The molecule has 0 saturated heterocycles. The summed E-state index contributed by atoms with van der Waals surface area (Å²) in [5.41, 5.74) is 0.726. The fourth-order valence-electron chi connectivity index (χ4n) is 0.863. The molecule has 0 aliphatic heterocycles. The van der Waals surface area contributed by atoms with E-state index in [0.29, 0.717) is 12.0 Å². The van der Waals surface area contributed by atoms with Crippen LogP contribution in [0.1, 0.15) is 0 Å². The van der Waals surface area contributed by atoms with Gasteiger partial charge < -0.3 is 5.32 Å². The lowest BCUT2D eigenvalue weighted by Crippen LogP contribution is -1.90. The molecular formula is C9H8N2O3. The number of carbonyl (C=O) groups excluding carboxylic acids is 1. The maximum atomic E-state index is 10.3. The maximum Gasteiger partial charge on any atom is 0.269 e. The summed E-state index contributed by atoms with van der Waals surface area (Å²) in [5.74, 6) is 0. The van der Waals surface area contributed by atoms with Crippen molar-refractivity contribution in [3.05, 3.63) is 46.7 Å². The predicted octanol–water partition coefficient (Wildman–Crippen LogP) is 1.72. The van der Waals surface area contributed by atoms with Crippen LogP contribution in [-0.2, 0) is 4.79 Å². The van der Waals surface area contributed by atoms with Gasteiger partial charge in [0, 0.05) is 24.0 Å². The van der Waals surface area contributed by atoms with E-state index in [9.17, 15) is 14.9 Å². The Morgan fingerprint density at radius 3 is 2.43 bits per heavy atom. The fraction of sp³-hybridized carbons (Fsp3) is 0. The lowest BCUT2D eigenvalue weighted by Gasteiger charge is -1.98. The number of nitrogens with one attached hydrogen (secondary N) is 1. The van der Waals surface area contributed by atoms with Crippen LogP contribution in [0.5, 0.6) is 0 Å². The highest BCUT2D eigenvalue weighted by Gasteiger charge is 2.02. The van der Waals surface area contributed by atoms with Gasteiger partial charge in [-0.25, -0.2) is 0 Å². The minimum atomic E-state index is -0.467. The molecule has 0 fully saturated rings. The van der Waals surface area contributed by atoms with Crippen LogP contribution in [0.15, 0.2) is 36.5 Å². The topological polar surface area (TPSA) is 72.2 Å². The zero-order chi connectivity index (χ0) is 10.4. The number of rotatable bonds is 4. The van der Waals surface area contributed by atoms with Gasteiger partial charge in [-0.3, -0.25) is 14.9 Å². The summed E-state index contributed by atoms with van der Waals surface area (Å²) in [5, 5.41) is 13.1. The van der Waals surface area contributed by atoms with E-state index in [4.69, 9.17) is 0 Å². The summed E-state index contributed by atoms with van der Waals surface area (Å²) in [7, 11) is 0. The molecule has 0 heterocycles. The predicted molar refractivity (Wildman–Crippen MR) is 51.9 cm³/mol. The third-order valence-corrected chi connectivity index (χ3v) is 1.50. The van der Waals surface area contributed by atoms with Gasteiger partial charge in [0.1, 0.15) is 6.29 Å². The molecule has 0 amide bonds. The van der Waals surface area contributed by atoms with Crippen LogP contribution in [0.4, 0.5) is 11.4 Å². The Morgan fingerprint density at radius 2 is 1.93 bits per heavy atom. The molecular weight excluding hydrogens is 184 g/mol. The van der Waals surface area contributed by atoms with Gasteiger partial charge in [0.2, 0.25) is 0 Å². The molecule has 0 saturated carbocycles. The van der Waals surface area contributed by atoms with Crippen molar-refractivity contribution >= 4 is 17.7 Å². The Labute approximate surface area is 80.2 Å². The van der Waals surface area contributed by atoms with Crippen molar-refractivity contribution < 1.29 is 9.72 Å². The number of nitrogens with zero attached hydrogens (tertiary/aromatic N) is 1. The van der Waals surface area contributed by atoms with Gasteiger partial charge in [-0.05, 0) is 18.2 Å². The van der Waals surface area contributed by atoms with E-state index in [1.54, 1.807) is 12.1 Å². The molecule has 5 nitrogen and oxygen atoms in total. The molecule has 0 atom stereocenters. The van der Waals surface area contributed by atoms with Crippen molar-refractivity contribution in [3.63, 3.8) is 0 Å². The van der Waals surface area contributed by atoms with E-state index in [0.717, 1.165) is 0 Å². The number of hydrogen-bond donors (Lipinski definition) is 1. The molecule has 0 spiro atoms. The number of carbonyl (C=O) groups is 1. The summed E-state index contributed by atoms with van der Waals surface area (Å²) in [4.78, 5) is 19.8. The van der Waals surface area contributed by atoms with Crippen LogP contribution in [-0.4, -0.2) is 11.2 Å². The highest BCUT2D eigenvalue weighted by molar-refractivity contribution is 5.66. The number of nitro benzene ring substituents is 1. The van der Waals surface area contributed by atoms with Crippen LogP contribution >= 0.6 is 0 Å². The van der Waals surface area contributed by atoms with Gasteiger partial charge in [-0.1, -0.05) is 0 Å². The molecule has 1 N–H and O–H groups in total. The molecule has 1 rings (SSSR count). The van der Waals surface area contributed by atoms with E-state index in [2.05, 4.69) is 5.32 Å². The summed E-state index contributed by atoms with van der Waals surface area (Å²) in [6.07, 6.45) is 3.38. The second-order valence-electron chi connectivity index (χ2n) is 2.44. The van der Waals surface area contributed by atoms with Gasteiger partial charge in [0.05, 0.1) is 4.92 Å². The highest BCUT2D eigenvalue weighted by Crippen LogP contribution is 2.14. The maximum absolute atomic E-state index is 10.3. The molecule has 0 aliphatic carbocycles. The quantitative estimate of drug-likeness (QED) is 0.341. The van der Waals surface area contributed by atoms with E-state index < -0.39 is 4.92 Å². The zero-order valence-electron chi connectivity index (χ0n) is 7.21. The van der Waals surface area contributed by atoms with E-state index in [1.165, 1.54) is 24.4 Å². The smallest absolute Gasteiger partial charge is 0.269 e. The molecule has 72 valence electrons. The monoisotopic (exact) mass is 192 g/mol. The van der Waals surface area contributed by atoms with Crippen LogP contribution in [0.25, 0.3) is 0 Å². The third-order valence-electron chi connectivity index (χ3n) is 1.50. The van der Waals surface area contributed by atoms with Gasteiger partial charge in [0.15, 0.2) is 0 Å². The Morgan fingerprint density at radius 1 is 1.29 bits per heavy atom. The Kier molecular flexibility index (Phi) is 3.37. The number of aldehydes is 1. The number of allylic oxidation sites excluding steroid dienone is 1. The summed E-state index contributed by atoms with van der Waals surface area (Å²) >= 11 is 0. The van der Waals surface area contributed by atoms with Crippen LogP contribution in [0.3, 0.4) is 0 Å². The highest BCUT2D eigenvalue weighted by atomic mass is 16.6. The first-order chi connectivity index (χ1) is 6.74. The third kappa shape index (κ3) is 2.71. The standard InChI is InChI=1S/C9H8N2O3/c12-7-1-6-10-8-2-4-9(5-3-8)11(13)14/h1-7,10H/b6-1+. The second-order valence-corrected chi connectivity index (χ2v) is 2.44. The summed E-state index contributed by atoms with van der Waals surface area (Å²) in [6.45, 7) is 0. The van der Waals surface area contributed by atoms with E-state index in [1.807, 2.05) is 0 Å². The molecule has 5 heteroatoms. The van der Waals surface area contributed by atoms with Crippen molar-refractivity contribution in [2.24, 2.45) is 0 Å². The first kappa shape index (κ1) is 9.91. The second kappa shape index (κ2) is 4.76. The van der Waals surface area contributed by atoms with Crippen molar-refractivity contribution in [2.45, 2.75) is 0 Å². The zero-order valence-corrected chi connectivity index (χ0v) is 7.21. The first-order valence-corrected chi connectivity index (χ1v) is 3.85. The van der Waals surface area contributed by atoms with Gasteiger partial charge in [-0.2, -0.15) is 0 Å². The van der Waals surface area contributed by atoms with Crippen molar-refractivity contribution in [1.29, 1.82) is 0 Å². The first-order valence-electron chi connectivity index (χ1n) is 3.85. The van der Waals surface area contributed by atoms with Gasteiger partial charge in [-0.15, -0.1) is 0 Å². The lowest BCUT2D eigenvalue weighted by molar-refractivity contribution is -0.384. The molecule has 14 heavy (non-hydrogen) atoms. The van der Waals surface area contributed by atoms with E-state index in [-0.39, 0.29) is 5.69 Å². The Balaban J connectivity index is 2.68. The van der Waals surface area contributed by atoms with Crippen LogP contribution in [0, 0.1) is 10.1 Å². The number of nitro groups is 1. The SMILES string of the molecule is O=C/C=C/Nc1ccc([N+](=O)[O-])cc1. The number of anilines is 1.